The molecular weight excluding hydrogens is 510 g/mol. The van der Waals surface area contributed by atoms with E-state index >= 15 is 0 Å². The van der Waals surface area contributed by atoms with Crippen molar-refractivity contribution in [2.24, 2.45) is 0 Å². The van der Waals surface area contributed by atoms with Crippen LogP contribution in [-0.4, -0.2) is 43.3 Å². The van der Waals surface area contributed by atoms with Gasteiger partial charge in [0.05, 0.1) is 11.3 Å². The highest BCUT2D eigenvalue weighted by Crippen LogP contribution is 2.25. The van der Waals surface area contributed by atoms with Gasteiger partial charge in [0, 0.05) is 19.2 Å². The summed E-state index contributed by atoms with van der Waals surface area (Å²) in [4.78, 5) is 34.9. The van der Waals surface area contributed by atoms with Crippen molar-refractivity contribution in [3.63, 3.8) is 0 Å². The summed E-state index contributed by atoms with van der Waals surface area (Å²) in [5.41, 5.74) is 6.11. The summed E-state index contributed by atoms with van der Waals surface area (Å²) in [5, 5.41) is 12.3. The lowest BCUT2D eigenvalue weighted by Gasteiger charge is -2.21. The molecule has 0 aliphatic rings. The Morgan fingerprint density at radius 1 is 1.15 bits per heavy atom. The van der Waals surface area contributed by atoms with Crippen molar-refractivity contribution in [1.82, 2.24) is 24.4 Å². The van der Waals surface area contributed by atoms with Gasteiger partial charge in [-0.2, -0.15) is 5.26 Å². The van der Waals surface area contributed by atoms with Crippen LogP contribution in [0.4, 0.5) is 5.82 Å². The van der Waals surface area contributed by atoms with Gasteiger partial charge in [-0.25, -0.2) is 14.8 Å². The lowest BCUT2D eigenvalue weighted by atomic mass is 10.0. The average molecular weight is 542 g/mol. The minimum Gasteiger partial charge on any atom is -0.457 e. The number of carbonyl (C=O) groups is 1. The van der Waals surface area contributed by atoms with E-state index in [-0.39, 0.29) is 17.9 Å². The van der Waals surface area contributed by atoms with E-state index in [1.807, 2.05) is 43.3 Å². The molecule has 0 aliphatic carbocycles. The maximum Gasteiger partial charge on any atom is 0.335 e. The molecule has 40 heavy (non-hydrogen) atoms. The van der Waals surface area contributed by atoms with Crippen molar-refractivity contribution >= 4 is 22.9 Å². The molecule has 4 rings (SSSR count). The molecule has 1 amide bonds. The molecule has 4 aromatic rings. The smallest absolute Gasteiger partial charge is 0.335 e. The van der Waals surface area contributed by atoms with Crippen LogP contribution in [0.1, 0.15) is 27.7 Å². The first-order chi connectivity index (χ1) is 19.1. The standard InChI is InChI=1S/C29H31N7O4/c1-5-39-29(3,4)15-20(16-30)27(37)34-19(2)17-35-26-24(25(31)32-18-33-26)36(28(35)38)21-11-13-23(14-12-21)40-22-9-7-6-8-10-22/h6-15,18-19H,5,17H2,1-4H3,(H,34,37)(H2,31,32,33)/b20-15+/t19-/m0/s1. The van der Waals surface area contributed by atoms with Crippen LogP contribution in [0.25, 0.3) is 16.9 Å². The number of aromatic nitrogens is 4. The molecule has 3 N–H and O–H groups in total. The highest BCUT2D eigenvalue weighted by molar-refractivity contribution is 5.97. The van der Waals surface area contributed by atoms with E-state index in [1.54, 1.807) is 45.0 Å². The van der Waals surface area contributed by atoms with E-state index in [4.69, 9.17) is 15.2 Å². The van der Waals surface area contributed by atoms with Gasteiger partial charge >= 0.3 is 5.69 Å². The van der Waals surface area contributed by atoms with E-state index in [9.17, 15) is 14.9 Å². The van der Waals surface area contributed by atoms with E-state index in [1.165, 1.54) is 21.5 Å². The molecule has 0 saturated carbocycles. The molecular formula is C29H31N7O4. The molecule has 2 aromatic carbocycles. The number of amides is 1. The average Bonchev–Trinajstić information content (AvgIpc) is 3.20. The number of nitrogen functional groups attached to an aromatic ring is 1. The van der Waals surface area contributed by atoms with Crippen LogP contribution in [-0.2, 0) is 16.1 Å². The number of benzene rings is 2. The van der Waals surface area contributed by atoms with E-state index in [0.29, 0.717) is 35.0 Å². The lowest BCUT2D eigenvalue weighted by Crippen LogP contribution is -2.39. The molecule has 0 bridgehead atoms. The third kappa shape index (κ3) is 6.19. The van der Waals surface area contributed by atoms with Gasteiger partial charge in [0.1, 0.15) is 35.0 Å². The fourth-order valence-electron chi connectivity index (χ4n) is 4.32. The van der Waals surface area contributed by atoms with Gasteiger partial charge in [-0.1, -0.05) is 18.2 Å². The second-order valence-corrected chi connectivity index (χ2v) is 9.65. The topological polar surface area (TPSA) is 150 Å². The van der Waals surface area contributed by atoms with E-state index in [0.717, 1.165) is 0 Å². The first-order valence-electron chi connectivity index (χ1n) is 12.8. The Kier molecular flexibility index (Phi) is 8.31. The minimum atomic E-state index is -0.791. The fourth-order valence-corrected chi connectivity index (χ4v) is 4.32. The number of imidazole rings is 1. The minimum absolute atomic E-state index is 0.0767. The van der Waals surface area contributed by atoms with Gasteiger partial charge in [-0.3, -0.25) is 13.9 Å². The Morgan fingerprint density at radius 3 is 2.48 bits per heavy atom. The zero-order valence-corrected chi connectivity index (χ0v) is 22.8. The number of nitrogens with two attached hydrogens (primary N) is 1. The van der Waals surface area contributed by atoms with Crippen LogP contribution in [0.2, 0.25) is 0 Å². The summed E-state index contributed by atoms with van der Waals surface area (Å²) in [7, 11) is 0. The molecule has 11 nitrogen and oxygen atoms in total. The number of anilines is 1. The number of nitriles is 1. The molecule has 0 unspecified atom stereocenters. The van der Waals surface area contributed by atoms with Crippen molar-refractivity contribution < 1.29 is 14.3 Å². The summed E-state index contributed by atoms with van der Waals surface area (Å²) in [6.07, 6.45) is 2.76. The third-order valence-corrected chi connectivity index (χ3v) is 6.01. The van der Waals surface area contributed by atoms with Gasteiger partial charge in [-0.05, 0) is 70.2 Å². The van der Waals surface area contributed by atoms with Crippen LogP contribution in [0.15, 0.2) is 77.4 Å². The Morgan fingerprint density at radius 2 is 1.82 bits per heavy atom. The molecule has 1 atom stereocenters. The molecule has 0 aliphatic heterocycles. The number of hydrogen-bond donors (Lipinski definition) is 2. The maximum atomic E-state index is 13.7. The quantitative estimate of drug-likeness (QED) is 0.228. The van der Waals surface area contributed by atoms with E-state index in [2.05, 4.69) is 15.3 Å². The van der Waals surface area contributed by atoms with Crippen LogP contribution >= 0.6 is 0 Å². The number of ether oxygens (including phenoxy) is 2. The molecule has 0 saturated heterocycles. The molecule has 0 spiro atoms. The first-order valence-corrected chi connectivity index (χ1v) is 12.8. The summed E-state index contributed by atoms with van der Waals surface area (Å²) < 4.78 is 14.3. The zero-order valence-electron chi connectivity index (χ0n) is 22.8. The van der Waals surface area contributed by atoms with Gasteiger partial charge in [0.25, 0.3) is 5.91 Å². The molecule has 0 radical (unpaired) electrons. The predicted molar refractivity (Wildman–Crippen MR) is 151 cm³/mol. The van der Waals surface area contributed by atoms with Crippen LogP contribution in [0.3, 0.4) is 0 Å². The fraction of sp³-hybridized carbons (Fsp3) is 0.276. The van der Waals surface area contributed by atoms with Gasteiger partial charge in [-0.15, -0.1) is 0 Å². The van der Waals surface area contributed by atoms with Crippen LogP contribution in [0.5, 0.6) is 11.5 Å². The second-order valence-electron chi connectivity index (χ2n) is 9.65. The Labute approximate surface area is 231 Å². The Balaban J connectivity index is 1.62. The normalized spacial score (nSPS) is 12.6. The summed E-state index contributed by atoms with van der Waals surface area (Å²) in [6, 6.07) is 17.7. The summed E-state index contributed by atoms with van der Waals surface area (Å²) in [5.74, 6) is 0.854. The van der Waals surface area contributed by atoms with Gasteiger partial charge in [0.15, 0.2) is 11.5 Å². The molecule has 0 fully saturated rings. The van der Waals surface area contributed by atoms with Crippen molar-refractivity contribution in [2.75, 3.05) is 12.3 Å². The van der Waals surface area contributed by atoms with Gasteiger partial charge < -0.3 is 20.5 Å². The van der Waals surface area contributed by atoms with Crippen LogP contribution in [0, 0.1) is 11.3 Å². The largest absolute Gasteiger partial charge is 0.457 e. The highest BCUT2D eigenvalue weighted by atomic mass is 16.5. The van der Waals surface area contributed by atoms with Crippen molar-refractivity contribution in [3.8, 4) is 23.3 Å². The number of carbonyl (C=O) groups excluding carboxylic acids is 1. The Hall–Kier alpha value is -4.95. The number of nitrogens with zero attached hydrogens (tertiary/aromatic N) is 5. The van der Waals surface area contributed by atoms with Crippen molar-refractivity contribution in [3.05, 3.63) is 83.1 Å². The molecule has 11 heteroatoms. The SMILES string of the molecule is CCOC(C)(C)/C=C(\C#N)C(=O)N[C@@H](C)Cn1c(=O)n(-c2ccc(Oc3ccccc3)cc2)c2c(N)ncnc21. The monoisotopic (exact) mass is 541 g/mol. The molecule has 2 heterocycles. The third-order valence-electron chi connectivity index (χ3n) is 6.01. The Bertz CT molecular complexity index is 1630. The van der Waals surface area contributed by atoms with E-state index < -0.39 is 23.2 Å². The number of nitrogens with one attached hydrogen (secondary N) is 1. The number of rotatable bonds is 10. The maximum absolute atomic E-state index is 13.7. The number of hydrogen-bond acceptors (Lipinski definition) is 8. The predicted octanol–water partition coefficient (Wildman–Crippen LogP) is 3.73. The second kappa shape index (κ2) is 11.8. The van der Waals surface area contributed by atoms with Crippen LogP contribution < -0.4 is 21.5 Å². The molecule has 206 valence electrons. The summed E-state index contributed by atoms with van der Waals surface area (Å²) in [6.45, 7) is 7.61. The first kappa shape index (κ1) is 28.1. The number of para-hydroxylation sites is 1. The molecule has 2 aromatic heterocycles. The van der Waals surface area contributed by atoms with Crippen molar-refractivity contribution in [2.45, 2.75) is 45.9 Å². The number of fused-ring (bicyclic) bond motifs is 1. The van der Waals surface area contributed by atoms with Gasteiger partial charge in [0.2, 0.25) is 0 Å². The van der Waals surface area contributed by atoms with Crippen molar-refractivity contribution in [1.29, 1.82) is 5.26 Å². The highest BCUT2D eigenvalue weighted by Gasteiger charge is 2.23. The lowest BCUT2D eigenvalue weighted by molar-refractivity contribution is -0.117. The summed E-state index contributed by atoms with van der Waals surface area (Å²) >= 11 is 0. The zero-order chi connectivity index (χ0) is 28.9.